The van der Waals surface area contributed by atoms with Gasteiger partial charge in [-0.05, 0) is 31.0 Å². The van der Waals surface area contributed by atoms with Crippen LogP contribution in [0.2, 0.25) is 0 Å². The Labute approximate surface area is 126 Å². The van der Waals surface area contributed by atoms with Crippen LogP contribution >= 0.6 is 27.7 Å². The van der Waals surface area contributed by atoms with Gasteiger partial charge >= 0.3 is 0 Å². The monoisotopic (exact) mass is 343 g/mol. The Morgan fingerprint density at radius 2 is 2.32 bits per heavy atom. The maximum atomic E-state index is 11.7. The van der Waals surface area contributed by atoms with Crippen LogP contribution in [0, 0.1) is 5.92 Å². The minimum absolute atomic E-state index is 0.0316. The summed E-state index contributed by atoms with van der Waals surface area (Å²) in [6.45, 7) is 0.596. The van der Waals surface area contributed by atoms with E-state index in [1.807, 2.05) is 24.3 Å². The third-order valence-corrected chi connectivity index (χ3v) is 4.83. The fourth-order valence-electron chi connectivity index (χ4n) is 2.26. The van der Waals surface area contributed by atoms with E-state index in [-0.39, 0.29) is 17.9 Å². The van der Waals surface area contributed by atoms with Crippen LogP contribution in [-0.2, 0) is 4.79 Å². The Morgan fingerprint density at radius 1 is 1.47 bits per heavy atom. The fourth-order valence-corrected chi connectivity index (χ4v) is 3.59. The maximum Gasteiger partial charge on any atom is 0.230 e. The van der Waals surface area contributed by atoms with E-state index < -0.39 is 0 Å². The van der Waals surface area contributed by atoms with Crippen molar-refractivity contribution < 1.29 is 9.90 Å². The van der Waals surface area contributed by atoms with E-state index in [1.54, 1.807) is 0 Å². The van der Waals surface area contributed by atoms with Crippen molar-refractivity contribution in [3.8, 4) is 0 Å². The molecule has 1 aliphatic rings. The van der Waals surface area contributed by atoms with Crippen molar-refractivity contribution in [3.63, 3.8) is 0 Å². The van der Waals surface area contributed by atoms with Gasteiger partial charge in [0.2, 0.25) is 5.91 Å². The van der Waals surface area contributed by atoms with E-state index in [9.17, 15) is 9.90 Å². The maximum absolute atomic E-state index is 11.7. The molecule has 0 radical (unpaired) electrons. The molecule has 0 aromatic heterocycles. The molecule has 19 heavy (non-hydrogen) atoms. The van der Waals surface area contributed by atoms with E-state index in [0.29, 0.717) is 12.3 Å². The van der Waals surface area contributed by atoms with Crippen LogP contribution in [0.15, 0.2) is 33.6 Å². The minimum Gasteiger partial charge on any atom is -0.393 e. The van der Waals surface area contributed by atoms with Gasteiger partial charge < -0.3 is 10.4 Å². The van der Waals surface area contributed by atoms with Gasteiger partial charge in [0.1, 0.15) is 0 Å². The molecular formula is C14H18BrNO2S. The second-order valence-electron chi connectivity index (χ2n) is 4.81. The number of benzene rings is 1. The highest BCUT2D eigenvalue weighted by molar-refractivity contribution is 9.10. The molecule has 0 saturated heterocycles. The summed E-state index contributed by atoms with van der Waals surface area (Å²) in [6, 6.07) is 7.91. The molecule has 2 rings (SSSR count). The van der Waals surface area contributed by atoms with Crippen LogP contribution in [0.1, 0.15) is 19.3 Å². The average Bonchev–Trinajstić information content (AvgIpc) is 2.80. The van der Waals surface area contributed by atoms with Gasteiger partial charge in [-0.1, -0.05) is 28.4 Å². The van der Waals surface area contributed by atoms with Crippen molar-refractivity contribution in [3.05, 3.63) is 28.7 Å². The van der Waals surface area contributed by atoms with Crippen molar-refractivity contribution in [2.24, 2.45) is 5.92 Å². The predicted molar refractivity (Wildman–Crippen MR) is 81.2 cm³/mol. The molecule has 1 aromatic rings. The van der Waals surface area contributed by atoms with E-state index in [1.165, 1.54) is 11.8 Å². The van der Waals surface area contributed by atoms with Gasteiger partial charge in [0.25, 0.3) is 0 Å². The number of thioether (sulfide) groups is 1. The molecule has 0 heterocycles. The SMILES string of the molecule is O=C(CSc1cccc(Br)c1)NCC1CCCC1O. The van der Waals surface area contributed by atoms with Gasteiger partial charge in [-0.15, -0.1) is 11.8 Å². The number of amides is 1. The third-order valence-electron chi connectivity index (χ3n) is 3.35. The van der Waals surface area contributed by atoms with Gasteiger partial charge in [0.05, 0.1) is 11.9 Å². The van der Waals surface area contributed by atoms with Crippen molar-refractivity contribution in [2.45, 2.75) is 30.3 Å². The number of carbonyl (C=O) groups is 1. The molecule has 1 fully saturated rings. The van der Waals surface area contributed by atoms with Crippen LogP contribution in [-0.4, -0.2) is 29.4 Å². The molecule has 1 saturated carbocycles. The summed E-state index contributed by atoms with van der Waals surface area (Å²) in [4.78, 5) is 12.8. The summed E-state index contributed by atoms with van der Waals surface area (Å²) in [6.07, 6.45) is 2.71. The van der Waals surface area contributed by atoms with Crippen LogP contribution in [0.4, 0.5) is 0 Å². The first-order chi connectivity index (χ1) is 9.15. The molecular weight excluding hydrogens is 326 g/mol. The highest BCUT2D eigenvalue weighted by Gasteiger charge is 2.25. The van der Waals surface area contributed by atoms with Crippen LogP contribution in [0.3, 0.4) is 0 Å². The number of halogens is 1. The lowest BCUT2D eigenvalue weighted by atomic mass is 10.1. The molecule has 1 amide bonds. The molecule has 0 spiro atoms. The lowest BCUT2D eigenvalue weighted by Crippen LogP contribution is -2.33. The largest absolute Gasteiger partial charge is 0.393 e. The van der Waals surface area contributed by atoms with Crippen molar-refractivity contribution in [1.82, 2.24) is 5.32 Å². The van der Waals surface area contributed by atoms with Gasteiger partial charge in [-0.2, -0.15) is 0 Å². The van der Waals surface area contributed by atoms with Gasteiger partial charge in [0, 0.05) is 21.8 Å². The standard InChI is InChI=1S/C14H18BrNO2S/c15-11-4-2-5-12(7-11)19-9-14(18)16-8-10-3-1-6-13(10)17/h2,4-5,7,10,13,17H,1,3,6,8-9H2,(H,16,18). The van der Waals surface area contributed by atoms with E-state index >= 15 is 0 Å². The number of hydrogen-bond donors (Lipinski definition) is 2. The lowest BCUT2D eigenvalue weighted by Gasteiger charge is -2.14. The topological polar surface area (TPSA) is 49.3 Å². The molecule has 0 bridgehead atoms. The number of hydrogen-bond acceptors (Lipinski definition) is 3. The first-order valence-electron chi connectivity index (χ1n) is 6.48. The zero-order valence-corrected chi connectivity index (χ0v) is 13.0. The Bertz CT molecular complexity index is 441. The van der Waals surface area contributed by atoms with Crippen LogP contribution in [0.25, 0.3) is 0 Å². The Kier molecular flexibility index (Phi) is 5.73. The lowest BCUT2D eigenvalue weighted by molar-refractivity contribution is -0.118. The van der Waals surface area contributed by atoms with Crippen molar-refractivity contribution in [2.75, 3.05) is 12.3 Å². The summed E-state index contributed by atoms with van der Waals surface area (Å²) in [7, 11) is 0. The highest BCUT2D eigenvalue weighted by atomic mass is 79.9. The molecule has 2 unspecified atom stereocenters. The van der Waals surface area contributed by atoms with E-state index in [0.717, 1.165) is 28.6 Å². The second-order valence-corrected chi connectivity index (χ2v) is 6.77. The zero-order valence-electron chi connectivity index (χ0n) is 10.6. The number of carbonyl (C=O) groups excluding carboxylic acids is 1. The Hall–Kier alpha value is -0.520. The summed E-state index contributed by atoms with van der Waals surface area (Å²) in [5.41, 5.74) is 0. The summed E-state index contributed by atoms with van der Waals surface area (Å²) < 4.78 is 1.02. The fraction of sp³-hybridized carbons (Fsp3) is 0.500. The molecule has 1 aromatic carbocycles. The third kappa shape index (κ3) is 4.82. The van der Waals surface area contributed by atoms with Crippen LogP contribution < -0.4 is 5.32 Å². The van der Waals surface area contributed by atoms with Gasteiger partial charge in [0.15, 0.2) is 0 Å². The van der Waals surface area contributed by atoms with E-state index in [2.05, 4.69) is 21.2 Å². The van der Waals surface area contributed by atoms with E-state index in [4.69, 9.17) is 0 Å². The average molecular weight is 344 g/mol. The number of nitrogens with one attached hydrogen (secondary N) is 1. The normalized spacial score (nSPS) is 22.4. The smallest absolute Gasteiger partial charge is 0.230 e. The molecule has 3 nitrogen and oxygen atoms in total. The van der Waals surface area contributed by atoms with Gasteiger partial charge in [-0.3, -0.25) is 4.79 Å². The highest BCUT2D eigenvalue weighted by Crippen LogP contribution is 2.25. The Balaban J connectivity index is 1.70. The molecule has 0 aliphatic heterocycles. The summed E-state index contributed by atoms with van der Waals surface area (Å²) in [5, 5.41) is 12.6. The van der Waals surface area contributed by atoms with Crippen molar-refractivity contribution >= 4 is 33.6 Å². The molecule has 5 heteroatoms. The molecule has 2 atom stereocenters. The number of aliphatic hydroxyl groups is 1. The quantitative estimate of drug-likeness (QED) is 0.808. The van der Waals surface area contributed by atoms with Crippen molar-refractivity contribution in [1.29, 1.82) is 0 Å². The molecule has 104 valence electrons. The first kappa shape index (κ1) is 14.9. The number of aliphatic hydroxyl groups excluding tert-OH is 1. The summed E-state index contributed by atoms with van der Waals surface area (Å²) in [5.74, 6) is 0.683. The molecule has 2 N–H and O–H groups in total. The predicted octanol–water partition coefficient (Wildman–Crippen LogP) is 2.82. The van der Waals surface area contributed by atoms with Crippen LogP contribution in [0.5, 0.6) is 0 Å². The summed E-state index contributed by atoms with van der Waals surface area (Å²) >= 11 is 4.93. The number of rotatable bonds is 5. The molecule has 1 aliphatic carbocycles. The second kappa shape index (κ2) is 7.31. The minimum atomic E-state index is -0.238. The zero-order chi connectivity index (χ0) is 13.7. The Morgan fingerprint density at radius 3 is 3.00 bits per heavy atom. The first-order valence-corrected chi connectivity index (χ1v) is 8.26. The van der Waals surface area contributed by atoms with Gasteiger partial charge in [-0.25, -0.2) is 0 Å².